The van der Waals surface area contributed by atoms with Gasteiger partial charge in [0.25, 0.3) is 11.6 Å². The predicted octanol–water partition coefficient (Wildman–Crippen LogP) is 0.509. The van der Waals surface area contributed by atoms with Gasteiger partial charge < -0.3 is 0 Å². The largest absolute Gasteiger partial charge is 0.294 e. The molecular weight excluding hydrogens is 390 g/mol. The molecule has 0 saturated carbocycles. The van der Waals surface area contributed by atoms with Crippen molar-refractivity contribution in [3.05, 3.63) is 57.1 Å². The molecule has 0 aliphatic heterocycles. The van der Waals surface area contributed by atoms with E-state index in [2.05, 4.69) is 41.2 Å². The fourth-order valence-corrected chi connectivity index (χ4v) is 2.65. The van der Waals surface area contributed by atoms with Gasteiger partial charge in [-0.15, -0.1) is 10.2 Å². The molecule has 0 bridgehead atoms. The molecule has 2 heterocycles. The molecule has 13 nitrogen and oxygen atoms in total. The van der Waals surface area contributed by atoms with Crippen molar-refractivity contribution in [2.75, 3.05) is 5.32 Å². The molecule has 3 N–H and O–H groups in total. The number of non-ortho nitro benzene ring substituents is 1. The van der Waals surface area contributed by atoms with Crippen LogP contribution in [0.2, 0.25) is 0 Å². The molecular formula is C14H11N9O4S. The van der Waals surface area contributed by atoms with Gasteiger partial charge in [0.15, 0.2) is 0 Å². The first-order valence-electron chi connectivity index (χ1n) is 7.57. The minimum Gasteiger partial charge on any atom is -0.294 e. The van der Waals surface area contributed by atoms with Gasteiger partial charge in [-0.25, -0.2) is 10.4 Å². The maximum atomic E-state index is 11.9. The average Bonchev–Trinajstić information content (AvgIpc) is 3.34. The molecule has 2 aromatic heterocycles. The summed E-state index contributed by atoms with van der Waals surface area (Å²) in [7, 11) is 0. The number of aromatic nitrogens is 5. The van der Waals surface area contributed by atoms with Crippen LogP contribution in [0.25, 0.3) is 0 Å². The Balaban J connectivity index is 1.51. The number of rotatable bonds is 7. The van der Waals surface area contributed by atoms with Gasteiger partial charge in [0.05, 0.1) is 17.6 Å². The Labute approximate surface area is 160 Å². The van der Waals surface area contributed by atoms with E-state index in [4.69, 9.17) is 0 Å². The highest BCUT2D eigenvalue weighted by molar-refractivity contribution is 7.15. The van der Waals surface area contributed by atoms with Gasteiger partial charge in [0.1, 0.15) is 11.3 Å². The molecule has 2 amide bonds. The first-order valence-corrected chi connectivity index (χ1v) is 8.38. The zero-order chi connectivity index (χ0) is 19.9. The molecule has 0 saturated heterocycles. The lowest BCUT2D eigenvalue weighted by molar-refractivity contribution is -0.384. The van der Waals surface area contributed by atoms with E-state index < -0.39 is 16.7 Å². The van der Waals surface area contributed by atoms with E-state index in [0.717, 1.165) is 11.3 Å². The lowest BCUT2D eigenvalue weighted by Crippen LogP contribution is -2.19. The van der Waals surface area contributed by atoms with Crippen LogP contribution >= 0.6 is 11.3 Å². The third-order valence-corrected chi connectivity index (χ3v) is 3.95. The number of carbonyl (C=O) groups excluding carboxylic acids is 2. The maximum Gasteiger partial charge on any atom is 0.294 e. The number of hydrazone groups is 1. The van der Waals surface area contributed by atoms with Crippen molar-refractivity contribution in [1.82, 2.24) is 30.8 Å². The molecule has 1 aromatic carbocycles. The summed E-state index contributed by atoms with van der Waals surface area (Å²) in [6, 6.07) is 5.79. The fraction of sp³-hybridized carbons (Fsp3) is 0.0714. The van der Waals surface area contributed by atoms with Crippen LogP contribution in [0.1, 0.15) is 21.2 Å². The molecule has 3 aromatic rings. The first kappa shape index (κ1) is 18.7. The number of H-pyrrole nitrogens is 1. The summed E-state index contributed by atoms with van der Waals surface area (Å²) in [5, 5.41) is 31.0. The number of amides is 2. The van der Waals surface area contributed by atoms with Crippen LogP contribution in [0.3, 0.4) is 0 Å². The van der Waals surface area contributed by atoms with Crippen LogP contribution in [0.4, 0.5) is 10.8 Å². The smallest absolute Gasteiger partial charge is 0.294 e. The van der Waals surface area contributed by atoms with E-state index in [1.165, 1.54) is 30.7 Å². The molecule has 0 radical (unpaired) electrons. The van der Waals surface area contributed by atoms with E-state index in [9.17, 15) is 19.7 Å². The lowest BCUT2D eigenvalue weighted by atomic mass is 10.2. The van der Waals surface area contributed by atoms with Gasteiger partial charge in [-0.3, -0.25) is 30.1 Å². The number of carbonyl (C=O) groups is 2. The third kappa shape index (κ3) is 4.98. The van der Waals surface area contributed by atoms with E-state index in [1.807, 2.05) is 0 Å². The van der Waals surface area contributed by atoms with Crippen LogP contribution in [-0.2, 0) is 11.2 Å². The normalized spacial score (nSPS) is 10.7. The lowest BCUT2D eigenvalue weighted by Gasteiger charge is -1.97. The summed E-state index contributed by atoms with van der Waals surface area (Å²) in [5.74, 6) is -0.984. The summed E-state index contributed by atoms with van der Waals surface area (Å²) in [4.78, 5) is 37.6. The van der Waals surface area contributed by atoms with Crippen molar-refractivity contribution < 1.29 is 14.5 Å². The van der Waals surface area contributed by atoms with Crippen LogP contribution in [0, 0.1) is 10.1 Å². The van der Waals surface area contributed by atoms with Gasteiger partial charge >= 0.3 is 0 Å². The van der Waals surface area contributed by atoms with Crippen molar-refractivity contribution in [2.45, 2.75) is 6.42 Å². The third-order valence-electron chi connectivity index (χ3n) is 3.11. The molecule has 0 spiro atoms. The Morgan fingerprint density at radius 2 is 2.21 bits per heavy atom. The number of nitrogens with one attached hydrogen (secondary N) is 3. The summed E-state index contributed by atoms with van der Waals surface area (Å²) in [5.41, 5.74) is 2.67. The number of nitrogens with zero attached hydrogens (tertiary/aromatic N) is 6. The van der Waals surface area contributed by atoms with Gasteiger partial charge in [-0.2, -0.15) is 10.2 Å². The number of hydrogen-bond donors (Lipinski definition) is 3. The zero-order valence-electron chi connectivity index (χ0n) is 13.9. The highest BCUT2D eigenvalue weighted by atomic mass is 32.1. The summed E-state index contributed by atoms with van der Waals surface area (Å²) in [6.07, 6.45) is 2.37. The summed E-state index contributed by atoms with van der Waals surface area (Å²) < 4.78 is 0. The Morgan fingerprint density at radius 3 is 2.96 bits per heavy atom. The van der Waals surface area contributed by atoms with Crippen molar-refractivity contribution in [3.8, 4) is 0 Å². The van der Waals surface area contributed by atoms with E-state index in [1.54, 1.807) is 6.07 Å². The monoisotopic (exact) mass is 401 g/mol. The van der Waals surface area contributed by atoms with Crippen molar-refractivity contribution in [2.24, 2.45) is 5.10 Å². The van der Waals surface area contributed by atoms with Gasteiger partial charge in [0.2, 0.25) is 16.9 Å². The van der Waals surface area contributed by atoms with Gasteiger partial charge in [-0.05, 0) is 0 Å². The number of benzene rings is 1. The van der Waals surface area contributed by atoms with Crippen molar-refractivity contribution in [1.29, 1.82) is 0 Å². The Hall–Kier alpha value is -4.07. The standard InChI is InChI=1S/C14H11N9O4S/c24-10(19-16-6-8-2-1-3-9(4-8)23(26)27)5-11-20-22-14(28-11)18-13(25)12-15-7-17-21-12/h1-4,6-7H,5H2,(H,19,24)(H,15,17,21)(H,18,22,25)/b16-6-. The Kier molecular flexibility index (Phi) is 5.71. The molecule has 3 rings (SSSR count). The zero-order valence-corrected chi connectivity index (χ0v) is 14.7. The highest BCUT2D eigenvalue weighted by Crippen LogP contribution is 2.16. The molecule has 0 atom stereocenters. The predicted molar refractivity (Wildman–Crippen MR) is 96.8 cm³/mol. The van der Waals surface area contributed by atoms with Crippen LogP contribution in [0.15, 0.2) is 35.7 Å². The van der Waals surface area contributed by atoms with E-state index in [0.29, 0.717) is 10.6 Å². The second-order valence-corrected chi connectivity index (χ2v) is 6.17. The Bertz CT molecular complexity index is 1030. The number of anilines is 1. The van der Waals surface area contributed by atoms with E-state index in [-0.39, 0.29) is 23.1 Å². The van der Waals surface area contributed by atoms with E-state index >= 15 is 0 Å². The Morgan fingerprint density at radius 1 is 1.36 bits per heavy atom. The van der Waals surface area contributed by atoms with Crippen LogP contribution in [0.5, 0.6) is 0 Å². The average molecular weight is 401 g/mol. The molecule has 142 valence electrons. The minimum absolute atomic E-state index is 0.0185. The van der Waals surface area contributed by atoms with Gasteiger partial charge in [-0.1, -0.05) is 23.5 Å². The maximum absolute atomic E-state index is 11.9. The summed E-state index contributed by atoms with van der Waals surface area (Å²) >= 11 is 1.02. The SMILES string of the molecule is O=C(Cc1nnc(NC(=O)c2ncn[nH]2)s1)N/N=C\c1cccc([N+](=O)[O-])c1. The molecule has 28 heavy (non-hydrogen) atoms. The van der Waals surface area contributed by atoms with Crippen LogP contribution < -0.4 is 10.7 Å². The quantitative estimate of drug-likeness (QED) is 0.291. The first-order chi connectivity index (χ1) is 13.5. The minimum atomic E-state index is -0.536. The molecule has 0 aliphatic rings. The second kappa shape index (κ2) is 8.54. The topological polar surface area (TPSA) is 181 Å². The van der Waals surface area contributed by atoms with Crippen molar-refractivity contribution in [3.63, 3.8) is 0 Å². The fourth-order valence-electron chi connectivity index (χ4n) is 1.92. The number of hydrogen-bond acceptors (Lipinski definition) is 10. The summed E-state index contributed by atoms with van der Waals surface area (Å²) in [6.45, 7) is 0. The van der Waals surface area contributed by atoms with Crippen LogP contribution in [-0.4, -0.2) is 48.3 Å². The molecule has 0 aliphatic carbocycles. The highest BCUT2D eigenvalue weighted by Gasteiger charge is 2.14. The molecule has 14 heteroatoms. The van der Waals surface area contributed by atoms with Crippen molar-refractivity contribution >= 4 is 40.2 Å². The second-order valence-electron chi connectivity index (χ2n) is 5.11. The molecule has 0 unspecified atom stereocenters. The number of aromatic amines is 1. The number of nitro benzene ring substituents is 1. The molecule has 0 fully saturated rings. The van der Waals surface area contributed by atoms with Gasteiger partial charge in [0, 0.05) is 17.7 Å². The number of nitro groups is 1.